The van der Waals surface area contributed by atoms with Gasteiger partial charge < -0.3 is 15.2 Å². The zero-order valence-corrected chi connectivity index (χ0v) is 12.7. The van der Waals surface area contributed by atoms with E-state index in [0.717, 1.165) is 25.5 Å². The number of rotatable bonds is 6. The molecule has 21 heavy (non-hydrogen) atoms. The summed E-state index contributed by atoms with van der Waals surface area (Å²) in [5.41, 5.74) is 1.25. The summed E-state index contributed by atoms with van der Waals surface area (Å²) in [4.78, 5) is 8.29. The number of aliphatic imine (C=N–C) groups is 1. The summed E-state index contributed by atoms with van der Waals surface area (Å²) in [5, 5.41) is 6.73. The molecular weight excluding hydrogens is 262 g/mol. The topological polar surface area (TPSA) is 54.2 Å². The molecular formula is C16H23N5. The summed E-state index contributed by atoms with van der Waals surface area (Å²) in [6.07, 6.45) is 6.64. The number of hydrogen-bond donors (Lipinski definition) is 2. The van der Waals surface area contributed by atoms with Gasteiger partial charge in [-0.05, 0) is 18.9 Å². The smallest absolute Gasteiger partial charge is 0.191 e. The fourth-order valence-electron chi connectivity index (χ4n) is 2.11. The largest absolute Gasteiger partial charge is 0.356 e. The lowest BCUT2D eigenvalue weighted by Crippen LogP contribution is -2.39. The van der Waals surface area contributed by atoms with Crippen molar-refractivity contribution in [3.05, 3.63) is 54.6 Å². The Morgan fingerprint density at radius 3 is 2.81 bits per heavy atom. The van der Waals surface area contributed by atoms with E-state index < -0.39 is 0 Å². The van der Waals surface area contributed by atoms with Crippen LogP contribution in [0.5, 0.6) is 0 Å². The van der Waals surface area contributed by atoms with E-state index in [2.05, 4.69) is 56.4 Å². The first-order valence-electron chi connectivity index (χ1n) is 7.27. The summed E-state index contributed by atoms with van der Waals surface area (Å²) < 4.78 is 2.07. The van der Waals surface area contributed by atoms with Crippen LogP contribution in [0.15, 0.2) is 54.0 Å². The van der Waals surface area contributed by atoms with Gasteiger partial charge in [0.25, 0.3) is 0 Å². The molecule has 1 heterocycles. The highest BCUT2D eigenvalue weighted by atomic mass is 15.2. The van der Waals surface area contributed by atoms with Crippen molar-refractivity contribution >= 4 is 5.96 Å². The lowest BCUT2D eigenvalue weighted by molar-refractivity contribution is 0.616. The molecule has 112 valence electrons. The SMILES string of the molecule is CN=C(NCCCn1ccnc1)NC(C)c1ccccc1. The van der Waals surface area contributed by atoms with Gasteiger partial charge in [-0.1, -0.05) is 30.3 Å². The van der Waals surface area contributed by atoms with Gasteiger partial charge in [-0.25, -0.2) is 4.98 Å². The molecule has 0 saturated carbocycles. The zero-order chi connectivity index (χ0) is 14.9. The van der Waals surface area contributed by atoms with Crippen LogP contribution in [0.1, 0.15) is 24.9 Å². The molecule has 0 spiro atoms. The van der Waals surface area contributed by atoms with Crippen molar-refractivity contribution in [2.45, 2.75) is 25.9 Å². The predicted octanol–water partition coefficient (Wildman–Crippen LogP) is 2.20. The van der Waals surface area contributed by atoms with E-state index in [1.165, 1.54) is 5.56 Å². The Balaban J connectivity index is 1.73. The maximum absolute atomic E-state index is 4.26. The molecule has 1 aromatic heterocycles. The van der Waals surface area contributed by atoms with Crippen molar-refractivity contribution in [2.24, 2.45) is 4.99 Å². The van der Waals surface area contributed by atoms with Gasteiger partial charge in [0.15, 0.2) is 5.96 Å². The quantitative estimate of drug-likeness (QED) is 0.486. The Morgan fingerprint density at radius 2 is 2.14 bits per heavy atom. The van der Waals surface area contributed by atoms with E-state index in [4.69, 9.17) is 0 Å². The number of nitrogens with zero attached hydrogens (tertiary/aromatic N) is 3. The van der Waals surface area contributed by atoms with Crippen molar-refractivity contribution in [3.8, 4) is 0 Å². The summed E-state index contributed by atoms with van der Waals surface area (Å²) in [7, 11) is 1.79. The minimum Gasteiger partial charge on any atom is -0.356 e. The molecule has 0 bridgehead atoms. The minimum absolute atomic E-state index is 0.228. The summed E-state index contributed by atoms with van der Waals surface area (Å²) in [6.45, 7) is 3.96. The second-order valence-corrected chi connectivity index (χ2v) is 4.93. The number of aromatic nitrogens is 2. The van der Waals surface area contributed by atoms with Crippen LogP contribution in [-0.2, 0) is 6.54 Å². The Labute approximate surface area is 126 Å². The van der Waals surface area contributed by atoms with E-state index in [1.807, 2.05) is 18.6 Å². The van der Waals surface area contributed by atoms with Crippen LogP contribution >= 0.6 is 0 Å². The average molecular weight is 285 g/mol. The lowest BCUT2D eigenvalue weighted by Gasteiger charge is -2.18. The van der Waals surface area contributed by atoms with Gasteiger partial charge in [-0.2, -0.15) is 0 Å². The highest BCUT2D eigenvalue weighted by Crippen LogP contribution is 2.10. The van der Waals surface area contributed by atoms with Gasteiger partial charge in [0.2, 0.25) is 0 Å². The Kier molecular flexibility index (Phi) is 5.82. The maximum Gasteiger partial charge on any atom is 0.191 e. The molecule has 0 aliphatic heterocycles. The number of benzene rings is 1. The molecule has 0 amide bonds. The number of hydrogen-bond acceptors (Lipinski definition) is 2. The van der Waals surface area contributed by atoms with Crippen LogP contribution in [0.3, 0.4) is 0 Å². The van der Waals surface area contributed by atoms with Crippen LogP contribution in [0.4, 0.5) is 0 Å². The van der Waals surface area contributed by atoms with Crippen molar-refractivity contribution in [1.82, 2.24) is 20.2 Å². The number of imidazole rings is 1. The van der Waals surface area contributed by atoms with Gasteiger partial charge in [0, 0.05) is 32.5 Å². The Bertz CT molecular complexity index is 533. The van der Waals surface area contributed by atoms with Crippen molar-refractivity contribution in [1.29, 1.82) is 0 Å². The first-order chi connectivity index (χ1) is 10.3. The first-order valence-corrected chi connectivity index (χ1v) is 7.27. The van der Waals surface area contributed by atoms with Crippen LogP contribution in [0.2, 0.25) is 0 Å². The molecule has 2 rings (SSSR count). The molecule has 1 aromatic carbocycles. The second kappa shape index (κ2) is 8.09. The standard InChI is InChI=1S/C16H23N5/c1-14(15-7-4-3-5-8-15)20-16(17-2)19-9-6-11-21-12-10-18-13-21/h3-5,7-8,10,12-14H,6,9,11H2,1-2H3,(H2,17,19,20). The van der Waals surface area contributed by atoms with Crippen molar-refractivity contribution in [3.63, 3.8) is 0 Å². The molecule has 5 nitrogen and oxygen atoms in total. The molecule has 0 fully saturated rings. The fourth-order valence-corrected chi connectivity index (χ4v) is 2.11. The molecule has 0 saturated heterocycles. The molecule has 0 radical (unpaired) electrons. The summed E-state index contributed by atoms with van der Waals surface area (Å²) in [6, 6.07) is 10.6. The molecule has 1 atom stereocenters. The van der Waals surface area contributed by atoms with E-state index in [-0.39, 0.29) is 6.04 Å². The third kappa shape index (κ3) is 4.95. The molecule has 0 aliphatic carbocycles. The van der Waals surface area contributed by atoms with E-state index in [1.54, 1.807) is 13.2 Å². The van der Waals surface area contributed by atoms with Gasteiger partial charge >= 0.3 is 0 Å². The average Bonchev–Trinajstić information content (AvgIpc) is 3.04. The van der Waals surface area contributed by atoms with Crippen molar-refractivity contribution < 1.29 is 0 Å². The minimum atomic E-state index is 0.228. The normalized spacial score (nSPS) is 13.0. The van der Waals surface area contributed by atoms with Crippen LogP contribution in [-0.4, -0.2) is 29.1 Å². The number of nitrogens with one attached hydrogen (secondary N) is 2. The third-order valence-corrected chi connectivity index (χ3v) is 3.32. The fraction of sp³-hybridized carbons (Fsp3) is 0.375. The molecule has 5 heteroatoms. The van der Waals surface area contributed by atoms with Gasteiger partial charge in [0.05, 0.1) is 12.4 Å². The Hall–Kier alpha value is -2.30. The van der Waals surface area contributed by atoms with Gasteiger partial charge in [0.1, 0.15) is 0 Å². The van der Waals surface area contributed by atoms with Crippen LogP contribution in [0, 0.1) is 0 Å². The van der Waals surface area contributed by atoms with E-state index in [0.29, 0.717) is 0 Å². The highest BCUT2D eigenvalue weighted by molar-refractivity contribution is 5.80. The van der Waals surface area contributed by atoms with Crippen LogP contribution < -0.4 is 10.6 Å². The van der Waals surface area contributed by atoms with E-state index in [9.17, 15) is 0 Å². The van der Waals surface area contributed by atoms with E-state index >= 15 is 0 Å². The molecule has 2 aromatic rings. The summed E-state index contributed by atoms with van der Waals surface area (Å²) in [5.74, 6) is 0.831. The van der Waals surface area contributed by atoms with Gasteiger partial charge in [-0.3, -0.25) is 4.99 Å². The Morgan fingerprint density at radius 1 is 1.33 bits per heavy atom. The van der Waals surface area contributed by atoms with Gasteiger partial charge in [-0.15, -0.1) is 0 Å². The van der Waals surface area contributed by atoms with Crippen LogP contribution in [0.25, 0.3) is 0 Å². The third-order valence-electron chi connectivity index (χ3n) is 3.32. The second-order valence-electron chi connectivity index (χ2n) is 4.93. The monoisotopic (exact) mass is 285 g/mol. The molecule has 2 N–H and O–H groups in total. The first kappa shape index (κ1) is 15.1. The lowest BCUT2D eigenvalue weighted by atomic mass is 10.1. The van der Waals surface area contributed by atoms with Crippen molar-refractivity contribution in [2.75, 3.05) is 13.6 Å². The number of aryl methyl sites for hydroxylation is 1. The molecule has 1 unspecified atom stereocenters. The maximum atomic E-state index is 4.26. The molecule has 0 aliphatic rings. The summed E-state index contributed by atoms with van der Waals surface area (Å²) >= 11 is 0. The zero-order valence-electron chi connectivity index (χ0n) is 12.7. The number of guanidine groups is 1. The predicted molar refractivity (Wildman–Crippen MR) is 86.2 cm³/mol. The highest BCUT2D eigenvalue weighted by Gasteiger charge is 2.06.